The topological polar surface area (TPSA) is 61.8 Å². The highest BCUT2D eigenvalue weighted by Gasteiger charge is 2.08. The molecule has 0 spiro atoms. The molecule has 1 aromatic rings. The zero-order chi connectivity index (χ0) is 12.8. The van der Waals surface area contributed by atoms with Gasteiger partial charge in [0.05, 0.1) is 5.02 Å². The first-order chi connectivity index (χ1) is 8.10. The van der Waals surface area contributed by atoms with Crippen LogP contribution in [-0.4, -0.2) is 24.6 Å². The third-order valence-corrected chi connectivity index (χ3v) is 2.94. The third kappa shape index (κ3) is 3.53. The molecule has 17 heavy (non-hydrogen) atoms. The molecular weight excluding hydrogens is 238 g/mol. The number of nitrogens with two attached hydrogens (primary N) is 1. The van der Waals surface area contributed by atoms with E-state index >= 15 is 0 Å². The van der Waals surface area contributed by atoms with Gasteiger partial charge >= 0.3 is 0 Å². The molecule has 4 nitrogen and oxygen atoms in total. The molecule has 0 heterocycles. The Morgan fingerprint density at radius 2 is 2.24 bits per heavy atom. The maximum atomic E-state index is 8.60. The molecule has 0 bridgehead atoms. The molecule has 0 saturated carbocycles. The summed E-state index contributed by atoms with van der Waals surface area (Å²) in [4.78, 5) is 2.13. The van der Waals surface area contributed by atoms with Crippen molar-refractivity contribution in [1.82, 2.24) is 0 Å². The van der Waals surface area contributed by atoms with Crippen LogP contribution in [0.1, 0.15) is 25.3 Å². The Labute approximate surface area is 107 Å². The number of halogens is 1. The fraction of sp³-hybridized carbons (Fsp3) is 0.417. The Balaban J connectivity index is 2.88. The lowest BCUT2D eigenvalue weighted by molar-refractivity contribution is 0.318. The number of benzene rings is 1. The maximum Gasteiger partial charge on any atom is 0.171 e. The number of hydrogen-bond donors (Lipinski definition) is 2. The Morgan fingerprint density at radius 1 is 1.53 bits per heavy atom. The molecule has 0 aliphatic carbocycles. The van der Waals surface area contributed by atoms with E-state index in [1.54, 1.807) is 6.07 Å². The molecule has 0 aliphatic heterocycles. The number of amidine groups is 1. The lowest BCUT2D eigenvalue weighted by Crippen LogP contribution is -2.19. The van der Waals surface area contributed by atoms with E-state index in [9.17, 15) is 0 Å². The second kappa shape index (κ2) is 6.35. The fourth-order valence-electron chi connectivity index (χ4n) is 1.53. The van der Waals surface area contributed by atoms with Crippen LogP contribution in [0.2, 0.25) is 5.02 Å². The molecular formula is C12H18ClN3O. The molecule has 0 unspecified atom stereocenters. The standard InChI is InChI=1S/C12H18ClN3O/c1-3-4-7-16(2)9-5-6-10(11(13)8-9)12(14)15-17/h5-6,8,17H,3-4,7H2,1-2H3,(H2,14,15). The molecule has 1 rings (SSSR count). The number of oxime groups is 1. The average Bonchev–Trinajstić information content (AvgIpc) is 2.34. The van der Waals surface area contributed by atoms with E-state index < -0.39 is 0 Å². The predicted octanol–water partition coefficient (Wildman–Crippen LogP) is 2.67. The van der Waals surface area contributed by atoms with Crippen LogP contribution in [0, 0.1) is 0 Å². The van der Waals surface area contributed by atoms with Gasteiger partial charge in [-0.15, -0.1) is 0 Å². The zero-order valence-electron chi connectivity index (χ0n) is 10.2. The normalized spacial score (nSPS) is 11.6. The van der Waals surface area contributed by atoms with Crippen molar-refractivity contribution in [3.8, 4) is 0 Å². The van der Waals surface area contributed by atoms with Gasteiger partial charge in [-0.1, -0.05) is 30.1 Å². The van der Waals surface area contributed by atoms with Gasteiger partial charge in [-0.3, -0.25) is 0 Å². The highest BCUT2D eigenvalue weighted by atomic mass is 35.5. The smallest absolute Gasteiger partial charge is 0.171 e. The van der Waals surface area contributed by atoms with E-state index in [1.165, 1.54) is 0 Å². The minimum Gasteiger partial charge on any atom is -0.409 e. The van der Waals surface area contributed by atoms with Crippen molar-refractivity contribution in [3.63, 3.8) is 0 Å². The summed E-state index contributed by atoms with van der Waals surface area (Å²) in [7, 11) is 2.02. The summed E-state index contributed by atoms with van der Waals surface area (Å²) in [5.74, 6) is 0.0257. The highest BCUT2D eigenvalue weighted by Crippen LogP contribution is 2.23. The van der Waals surface area contributed by atoms with Gasteiger partial charge in [0.2, 0.25) is 0 Å². The zero-order valence-corrected chi connectivity index (χ0v) is 10.9. The number of nitrogens with zero attached hydrogens (tertiary/aromatic N) is 2. The Morgan fingerprint density at radius 3 is 2.76 bits per heavy atom. The summed E-state index contributed by atoms with van der Waals surface area (Å²) in [5.41, 5.74) is 7.07. The van der Waals surface area contributed by atoms with E-state index in [4.69, 9.17) is 22.5 Å². The van der Waals surface area contributed by atoms with Crippen molar-refractivity contribution in [2.24, 2.45) is 10.9 Å². The first kappa shape index (κ1) is 13.6. The van der Waals surface area contributed by atoms with E-state index in [1.807, 2.05) is 19.2 Å². The lowest BCUT2D eigenvalue weighted by atomic mass is 10.1. The van der Waals surface area contributed by atoms with E-state index in [2.05, 4.69) is 17.0 Å². The molecule has 0 radical (unpaired) electrons. The number of anilines is 1. The van der Waals surface area contributed by atoms with E-state index in [0.717, 1.165) is 25.1 Å². The Hall–Kier alpha value is -1.42. The Kier molecular flexibility index (Phi) is 5.10. The van der Waals surface area contributed by atoms with Crippen LogP contribution in [0.3, 0.4) is 0 Å². The lowest BCUT2D eigenvalue weighted by Gasteiger charge is -2.19. The number of rotatable bonds is 5. The minimum atomic E-state index is 0.0257. The van der Waals surface area contributed by atoms with Crippen LogP contribution in [0.5, 0.6) is 0 Å². The van der Waals surface area contributed by atoms with Gasteiger partial charge in [0, 0.05) is 24.8 Å². The minimum absolute atomic E-state index is 0.0257. The second-order valence-electron chi connectivity index (χ2n) is 3.92. The fourth-order valence-corrected chi connectivity index (χ4v) is 1.80. The largest absolute Gasteiger partial charge is 0.409 e. The van der Waals surface area contributed by atoms with Crippen LogP contribution < -0.4 is 10.6 Å². The monoisotopic (exact) mass is 255 g/mol. The van der Waals surface area contributed by atoms with Gasteiger partial charge in [-0.05, 0) is 24.6 Å². The van der Waals surface area contributed by atoms with Crippen molar-refractivity contribution in [2.75, 3.05) is 18.5 Å². The van der Waals surface area contributed by atoms with Crippen LogP contribution in [0.15, 0.2) is 23.4 Å². The van der Waals surface area contributed by atoms with Crippen molar-refractivity contribution in [3.05, 3.63) is 28.8 Å². The second-order valence-corrected chi connectivity index (χ2v) is 4.33. The molecule has 0 atom stereocenters. The van der Waals surface area contributed by atoms with Crippen LogP contribution in [0.4, 0.5) is 5.69 Å². The first-order valence-corrected chi connectivity index (χ1v) is 5.96. The molecule has 94 valence electrons. The summed E-state index contributed by atoms with van der Waals surface area (Å²) in [6, 6.07) is 5.49. The summed E-state index contributed by atoms with van der Waals surface area (Å²) in [5, 5.41) is 12.0. The van der Waals surface area contributed by atoms with Crippen molar-refractivity contribution >= 4 is 23.1 Å². The molecule has 0 aliphatic rings. The van der Waals surface area contributed by atoms with Gasteiger partial charge in [0.1, 0.15) is 0 Å². The van der Waals surface area contributed by atoms with Crippen molar-refractivity contribution in [2.45, 2.75) is 19.8 Å². The summed E-state index contributed by atoms with van der Waals surface area (Å²) in [6.07, 6.45) is 2.29. The van der Waals surface area contributed by atoms with Crippen LogP contribution in [0.25, 0.3) is 0 Å². The van der Waals surface area contributed by atoms with Gasteiger partial charge in [0.15, 0.2) is 5.84 Å². The van der Waals surface area contributed by atoms with Gasteiger partial charge in [0.25, 0.3) is 0 Å². The van der Waals surface area contributed by atoms with E-state index in [-0.39, 0.29) is 5.84 Å². The quantitative estimate of drug-likeness (QED) is 0.368. The number of unbranched alkanes of at least 4 members (excludes halogenated alkanes) is 1. The summed E-state index contributed by atoms with van der Waals surface area (Å²) < 4.78 is 0. The molecule has 0 saturated heterocycles. The first-order valence-electron chi connectivity index (χ1n) is 5.58. The van der Waals surface area contributed by atoms with E-state index in [0.29, 0.717) is 10.6 Å². The molecule has 0 fully saturated rings. The molecule has 0 aromatic heterocycles. The summed E-state index contributed by atoms with van der Waals surface area (Å²) in [6.45, 7) is 3.14. The van der Waals surface area contributed by atoms with Crippen molar-refractivity contribution in [1.29, 1.82) is 0 Å². The number of hydrogen-bond acceptors (Lipinski definition) is 3. The predicted molar refractivity (Wildman–Crippen MR) is 72.1 cm³/mol. The molecule has 5 heteroatoms. The average molecular weight is 256 g/mol. The van der Waals surface area contributed by atoms with Crippen LogP contribution >= 0.6 is 11.6 Å². The molecule has 1 aromatic carbocycles. The van der Waals surface area contributed by atoms with Crippen molar-refractivity contribution < 1.29 is 5.21 Å². The molecule has 3 N–H and O–H groups in total. The highest BCUT2D eigenvalue weighted by molar-refractivity contribution is 6.34. The van der Waals surface area contributed by atoms with Gasteiger partial charge in [-0.2, -0.15) is 0 Å². The van der Waals surface area contributed by atoms with Gasteiger partial charge < -0.3 is 15.8 Å². The summed E-state index contributed by atoms with van der Waals surface area (Å²) >= 11 is 6.08. The third-order valence-electron chi connectivity index (χ3n) is 2.62. The molecule has 0 amide bonds. The SMILES string of the molecule is CCCCN(C)c1ccc(C(N)=NO)c(Cl)c1. The van der Waals surface area contributed by atoms with Gasteiger partial charge in [-0.25, -0.2) is 0 Å². The van der Waals surface area contributed by atoms with Crippen LogP contribution in [-0.2, 0) is 0 Å². The maximum absolute atomic E-state index is 8.60. The Bertz CT molecular complexity index is 407.